The first-order chi connectivity index (χ1) is 8.58. The smallest absolute Gasteiger partial charge is 0.317 e. The molecule has 3 nitrogen and oxygen atoms in total. The van der Waals surface area contributed by atoms with Gasteiger partial charge in [0.15, 0.2) is 0 Å². The van der Waals surface area contributed by atoms with Gasteiger partial charge in [0.2, 0.25) is 0 Å². The van der Waals surface area contributed by atoms with Crippen LogP contribution in [0.25, 0.3) is 0 Å². The summed E-state index contributed by atoms with van der Waals surface area (Å²) in [6, 6.07) is 0.563. The Morgan fingerprint density at radius 1 is 1.06 bits per heavy atom. The second kappa shape index (κ2) is 5.94. The van der Waals surface area contributed by atoms with Gasteiger partial charge in [0.25, 0.3) is 0 Å². The zero-order valence-corrected chi connectivity index (χ0v) is 12.1. The fourth-order valence-corrected chi connectivity index (χ4v) is 3.25. The zero-order chi connectivity index (χ0) is 13.1. The molecule has 0 radical (unpaired) electrons. The molecule has 2 rings (SSSR count). The molecule has 3 unspecified atom stereocenters. The minimum absolute atomic E-state index is 0.174. The van der Waals surface area contributed by atoms with E-state index in [0.29, 0.717) is 12.0 Å². The molecule has 2 amide bonds. The molecule has 1 heterocycles. The quantitative estimate of drug-likeness (QED) is 0.763. The summed E-state index contributed by atoms with van der Waals surface area (Å²) in [5.74, 6) is 2.14. The molecule has 104 valence electrons. The molecule has 1 aliphatic carbocycles. The predicted molar refractivity (Wildman–Crippen MR) is 74.5 cm³/mol. The van der Waals surface area contributed by atoms with Gasteiger partial charge >= 0.3 is 6.03 Å². The lowest BCUT2D eigenvalue weighted by molar-refractivity contribution is 0.152. The van der Waals surface area contributed by atoms with E-state index in [-0.39, 0.29) is 6.03 Å². The Hall–Kier alpha value is -0.730. The van der Waals surface area contributed by atoms with Crippen LogP contribution in [-0.2, 0) is 0 Å². The number of nitrogens with zero attached hydrogens (tertiary/aromatic N) is 1. The van der Waals surface area contributed by atoms with Crippen LogP contribution in [0.3, 0.4) is 0 Å². The molecule has 1 saturated carbocycles. The molecule has 1 aliphatic heterocycles. The minimum atomic E-state index is 0.174. The zero-order valence-electron chi connectivity index (χ0n) is 12.1. The van der Waals surface area contributed by atoms with Crippen LogP contribution in [0.5, 0.6) is 0 Å². The number of rotatable bonds is 1. The van der Waals surface area contributed by atoms with Gasteiger partial charge in [-0.2, -0.15) is 0 Å². The van der Waals surface area contributed by atoms with E-state index in [9.17, 15) is 4.79 Å². The summed E-state index contributed by atoms with van der Waals surface area (Å²) in [4.78, 5) is 14.2. The normalized spacial score (nSPS) is 34.4. The van der Waals surface area contributed by atoms with Crippen molar-refractivity contribution in [3.8, 4) is 0 Å². The van der Waals surface area contributed by atoms with Crippen molar-refractivity contribution in [3.05, 3.63) is 0 Å². The summed E-state index contributed by atoms with van der Waals surface area (Å²) in [7, 11) is 0. The maximum Gasteiger partial charge on any atom is 0.317 e. The standard InChI is InChI=1S/C15H28N2O/c1-11-7-9-17(10-8-11)15(18)16-14-6-4-5-12(2)13(14)3/h11-14H,4-10H2,1-3H3,(H,16,18). The number of hydrogen-bond acceptors (Lipinski definition) is 1. The van der Waals surface area contributed by atoms with Crippen LogP contribution in [0, 0.1) is 17.8 Å². The van der Waals surface area contributed by atoms with E-state index in [0.717, 1.165) is 44.2 Å². The summed E-state index contributed by atoms with van der Waals surface area (Å²) in [5.41, 5.74) is 0. The van der Waals surface area contributed by atoms with Crippen LogP contribution in [0.1, 0.15) is 52.9 Å². The van der Waals surface area contributed by atoms with Crippen LogP contribution in [0.15, 0.2) is 0 Å². The molecule has 0 bridgehead atoms. The van der Waals surface area contributed by atoms with Crippen molar-refractivity contribution in [2.45, 2.75) is 58.9 Å². The largest absolute Gasteiger partial charge is 0.335 e. The number of piperidine rings is 1. The Labute approximate surface area is 111 Å². The first-order valence-corrected chi connectivity index (χ1v) is 7.63. The van der Waals surface area contributed by atoms with Crippen molar-refractivity contribution in [1.29, 1.82) is 0 Å². The highest BCUT2D eigenvalue weighted by Gasteiger charge is 2.30. The summed E-state index contributed by atoms with van der Waals surface area (Å²) < 4.78 is 0. The Kier molecular flexibility index (Phi) is 4.52. The van der Waals surface area contributed by atoms with Crippen LogP contribution >= 0.6 is 0 Å². The summed E-state index contributed by atoms with van der Waals surface area (Å²) in [6.07, 6.45) is 6.04. The lowest BCUT2D eigenvalue weighted by Gasteiger charge is -2.37. The van der Waals surface area contributed by atoms with Crippen LogP contribution < -0.4 is 5.32 Å². The molecule has 0 spiro atoms. The molecule has 0 aromatic rings. The Morgan fingerprint density at radius 2 is 1.72 bits per heavy atom. The fourth-order valence-electron chi connectivity index (χ4n) is 3.25. The van der Waals surface area contributed by atoms with E-state index in [1.807, 2.05) is 4.90 Å². The Bertz CT molecular complexity index is 284. The number of urea groups is 1. The molecule has 3 heteroatoms. The third kappa shape index (κ3) is 3.18. The van der Waals surface area contributed by atoms with E-state index >= 15 is 0 Å². The van der Waals surface area contributed by atoms with Crippen LogP contribution in [0.4, 0.5) is 4.79 Å². The highest BCUT2D eigenvalue weighted by Crippen LogP contribution is 2.29. The maximum atomic E-state index is 12.2. The lowest BCUT2D eigenvalue weighted by Crippen LogP contribution is -2.51. The second-order valence-corrected chi connectivity index (χ2v) is 6.49. The number of amides is 2. The van der Waals surface area contributed by atoms with Crippen molar-refractivity contribution in [2.75, 3.05) is 13.1 Å². The van der Waals surface area contributed by atoms with E-state index in [4.69, 9.17) is 0 Å². The highest BCUT2D eigenvalue weighted by atomic mass is 16.2. The van der Waals surface area contributed by atoms with E-state index in [2.05, 4.69) is 26.1 Å². The average molecular weight is 252 g/mol. The number of likely N-dealkylation sites (tertiary alicyclic amines) is 1. The van der Waals surface area contributed by atoms with E-state index in [1.165, 1.54) is 12.8 Å². The van der Waals surface area contributed by atoms with Gasteiger partial charge < -0.3 is 10.2 Å². The summed E-state index contributed by atoms with van der Waals surface area (Å²) in [5, 5.41) is 3.27. The summed E-state index contributed by atoms with van der Waals surface area (Å²) in [6.45, 7) is 8.74. The van der Waals surface area contributed by atoms with E-state index < -0.39 is 0 Å². The number of carbonyl (C=O) groups is 1. The maximum absolute atomic E-state index is 12.2. The van der Waals surface area contributed by atoms with Gasteiger partial charge in [0.1, 0.15) is 0 Å². The van der Waals surface area contributed by atoms with Gasteiger partial charge in [-0.05, 0) is 37.0 Å². The molecule has 18 heavy (non-hydrogen) atoms. The van der Waals surface area contributed by atoms with Crippen molar-refractivity contribution in [1.82, 2.24) is 10.2 Å². The van der Waals surface area contributed by atoms with E-state index in [1.54, 1.807) is 0 Å². The molecule has 0 aromatic carbocycles. The Balaban J connectivity index is 1.83. The topological polar surface area (TPSA) is 32.3 Å². The number of nitrogens with one attached hydrogen (secondary N) is 1. The van der Waals surface area contributed by atoms with Gasteiger partial charge in [-0.15, -0.1) is 0 Å². The summed E-state index contributed by atoms with van der Waals surface area (Å²) >= 11 is 0. The Morgan fingerprint density at radius 3 is 2.39 bits per heavy atom. The van der Waals surface area contributed by atoms with Crippen molar-refractivity contribution >= 4 is 6.03 Å². The van der Waals surface area contributed by atoms with Crippen LogP contribution in [-0.4, -0.2) is 30.1 Å². The third-order valence-electron chi connectivity index (χ3n) is 5.09. The molecule has 0 aromatic heterocycles. The predicted octanol–water partition coefficient (Wildman–Crippen LogP) is 3.25. The molecular formula is C15H28N2O. The van der Waals surface area contributed by atoms with Crippen molar-refractivity contribution < 1.29 is 4.79 Å². The van der Waals surface area contributed by atoms with Crippen molar-refractivity contribution in [3.63, 3.8) is 0 Å². The minimum Gasteiger partial charge on any atom is -0.335 e. The highest BCUT2D eigenvalue weighted by molar-refractivity contribution is 5.74. The third-order valence-corrected chi connectivity index (χ3v) is 5.09. The molecule has 2 fully saturated rings. The first-order valence-electron chi connectivity index (χ1n) is 7.63. The van der Waals surface area contributed by atoms with Gasteiger partial charge in [0.05, 0.1) is 0 Å². The molecule has 1 saturated heterocycles. The van der Waals surface area contributed by atoms with Gasteiger partial charge in [-0.25, -0.2) is 4.79 Å². The van der Waals surface area contributed by atoms with Gasteiger partial charge in [-0.1, -0.05) is 33.6 Å². The second-order valence-electron chi connectivity index (χ2n) is 6.49. The molecular weight excluding hydrogens is 224 g/mol. The van der Waals surface area contributed by atoms with Crippen molar-refractivity contribution in [2.24, 2.45) is 17.8 Å². The lowest BCUT2D eigenvalue weighted by atomic mass is 9.78. The fraction of sp³-hybridized carbons (Fsp3) is 0.933. The number of hydrogen-bond donors (Lipinski definition) is 1. The molecule has 1 N–H and O–H groups in total. The SMILES string of the molecule is CC1CCN(C(=O)NC2CCCC(C)C2C)CC1. The van der Waals surface area contributed by atoms with Gasteiger partial charge in [-0.3, -0.25) is 0 Å². The van der Waals surface area contributed by atoms with Crippen LogP contribution in [0.2, 0.25) is 0 Å². The molecule has 2 aliphatic rings. The molecule has 3 atom stereocenters. The number of carbonyl (C=O) groups excluding carboxylic acids is 1. The van der Waals surface area contributed by atoms with Gasteiger partial charge in [0, 0.05) is 19.1 Å². The average Bonchev–Trinajstić information content (AvgIpc) is 2.36. The first kappa shape index (κ1) is 13.7. The monoisotopic (exact) mass is 252 g/mol.